The molecule has 5 aliphatic rings. The summed E-state index contributed by atoms with van der Waals surface area (Å²) in [6.45, 7) is 14.8. The quantitative estimate of drug-likeness (QED) is 0.409. The van der Waals surface area contributed by atoms with Gasteiger partial charge in [-0.05, 0) is 92.8 Å². The minimum atomic E-state index is -1.24. The van der Waals surface area contributed by atoms with Crippen LogP contribution in [-0.4, -0.2) is 63.8 Å². The molecule has 0 spiro atoms. The van der Waals surface area contributed by atoms with Crippen molar-refractivity contribution in [2.24, 2.45) is 45.3 Å². The first kappa shape index (κ1) is 28.0. The second kappa shape index (κ2) is 8.75. The van der Waals surface area contributed by atoms with E-state index in [9.17, 15) is 20.4 Å². The first-order chi connectivity index (χ1) is 17.0. The molecule has 1 heterocycles. The van der Waals surface area contributed by atoms with Gasteiger partial charge in [0, 0.05) is 18.4 Å². The van der Waals surface area contributed by atoms with E-state index >= 15 is 0 Å². The summed E-state index contributed by atoms with van der Waals surface area (Å²) in [5, 5.41) is 44.0. The number of rotatable bonds is 4. The lowest BCUT2D eigenvalue weighted by molar-refractivity contribution is -0.214. The maximum Gasteiger partial charge on any atom is 0.160 e. The van der Waals surface area contributed by atoms with Gasteiger partial charge >= 0.3 is 0 Å². The summed E-state index contributed by atoms with van der Waals surface area (Å²) in [5.41, 5.74) is -0.307. The number of hydrogen-bond acceptors (Lipinski definition) is 6. The minimum Gasteiger partial charge on any atom is -0.393 e. The fourth-order valence-corrected chi connectivity index (χ4v) is 10.6. The fraction of sp³-hybridized carbons (Fsp3) is 0.935. The largest absolute Gasteiger partial charge is 0.393 e. The highest BCUT2D eigenvalue weighted by molar-refractivity contribution is 5.36. The average Bonchev–Trinajstić information content (AvgIpc) is 3.38. The maximum absolute atomic E-state index is 11.9. The Morgan fingerprint density at radius 3 is 2.30 bits per heavy atom. The van der Waals surface area contributed by atoms with Crippen molar-refractivity contribution < 1.29 is 29.9 Å². The number of methoxy groups -OCH3 is 1. The number of aliphatic hydroxyl groups excluding tert-OH is 3. The van der Waals surface area contributed by atoms with Gasteiger partial charge in [0.05, 0.1) is 23.9 Å². The van der Waals surface area contributed by atoms with Gasteiger partial charge in [-0.3, -0.25) is 0 Å². The molecule has 6 nitrogen and oxygen atoms in total. The zero-order valence-electron chi connectivity index (χ0n) is 24.3. The van der Waals surface area contributed by atoms with E-state index in [2.05, 4.69) is 40.7 Å². The van der Waals surface area contributed by atoms with Crippen LogP contribution in [0.5, 0.6) is 0 Å². The highest BCUT2D eigenvalue weighted by Gasteiger charge is 2.68. The van der Waals surface area contributed by atoms with Crippen molar-refractivity contribution >= 4 is 0 Å². The molecule has 0 aromatic rings. The van der Waals surface area contributed by atoms with Gasteiger partial charge in [0.25, 0.3) is 0 Å². The van der Waals surface area contributed by atoms with Gasteiger partial charge in [0.15, 0.2) is 6.29 Å². The van der Waals surface area contributed by atoms with Gasteiger partial charge in [-0.2, -0.15) is 0 Å². The maximum atomic E-state index is 11.9. The van der Waals surface area contributed by atoms with Crippen molar-refractivity contribution in [2.45, 2.75) is 130 Å². The summed E-state index contributed by atoms with van der Waals surface area (Å²) in [7, 11) is 1.67. The zero-order valence-corrected chi connectivity index (χ0v) is 24.3. The Morgan fingerprint density at radius 2 is 1.68 bits per heavy atom. The van der Waals surface area contributed by atoms with Crippen molar-refractivity contribution in [3.63, 3.8) is 0 Å². The molecule has 0 radical (unpaired) electrons. The second-order valence-electron chi connectivity index (χ2n) is 15.2. The van der Waals surface area contributed by atoms with Crippen LogP contribution in [0.3, 0.4) is 0 Å². The predicted octanol–water partition coefficient (Wildman–Crippen LogP) is 4.43. The van der Waals surface area contributed by atoms with E-state index in [0.29, 0.717) is 24.2 Å². The lowest BCUT2D eigenvalue weighted by atomic mass is 9.37. The smallest absolute Gasteiger partial charge is 0.160 e. The van der Waals surface area contributed by atoms with Gasteiger partial charge < -0.3 is 29.9 Å². The second-order valence-corrected chi connectivity index (χ2v) is 15.2. The molecule has 0 bridgehead atoms. The number of fused-ring (bicyclic) bond motifs is 5. The van der Waals surface area contributed by atoms with E-state index in [1.165, 1.54) is 5.57 Å². The van der Waals surface area contributed by atoms with E-state index in [4.69, 9.17) is 9.47 Å². The van der Waals surface area contributed by atoms with Gasteiger partial charge in [0.1, 0.15) is 6.10 Å². The van der Waals surface area contributed by atoms with Crippen LogP contribution in [0.2, 0.25) is 0 Å². The molecular formula is C31H52O6. The standard InChI is InChI=1S/C31H52O6/c1-27(2)22-16-24(33)31(7)20-10-9-18(17-15-19(37-26(17)36-8)25(34)28(3,4)35)29(20,5)13-11-21(31)30(22,6)14-12-23(27)32/h10,17-19,21-26,32-35H,9,11-16H2,1-8H3/t17-,18+,19-,21-,22+,23+,24+,25+,26+,29-,30-,31-/m1/s1. The summed E-state index contributed by atoms with van der Waals surface area (Å²) in [6.07, 6.45) is 6.10. The molecule has 0 amide bonds. The Labute approximate surface area is 223 Å². The van der Waals surface area contributed by atoms with Crippen LogP contribution in [0, 0.1) is 45.3 Å². The number of ether oxygens (including phenoxy) is 2. The highest BCUT2D eigenvalue weighted by atomic mass is 16.7. The Kier molecular flexibility index (Phi) is 6.63. The Balaban J connectivity index is 1.45. The van der Waals surface area contributed by atoms with Crippen LogP contribution in [-0.2, 0) is 9.47 Å². The van der Waals surface area contributed by atoms with Gasteiger partial charge in [-0.25, -0.2) is 0 Å². The topological polar surface area (TPSA) is 99.4 Å². The van der Waals surface area contributed by atoms with Crippen LogP contribution < -0.4 is 0 Å². The first-order valence-corrected chi connectivity index (χ1v) is 14.7. The molecule has 4 N–H and O–H groups in total. The predicted molar refractivity (Wildman–Crippen MR) is 142 cm³/mol. The third kappa shape index (κ3) is 3.79. The van der Waals surface area contributed by atoms with E-state index in [0.717, 1.165) is 38.5 Å². The van der Waals surface area contributed by atoms with Gasteiger partial charge in [0.2, 0.25) is 0 Å². The van der Waals surface area contributed by atoms with Crippen molar-refractivity contribution in [1.82, 2.24) is 0 Å². The van der Waals surface area contributed by atoms with Gasteiger partial charge in [-0.15, -0.1) is 0 Å². The molecule has 6 heteroatoms. The SMILES string of the molecule is CO[C@H]1O[C@@H]([C@H](O)C(C)(C)O)C[C@@H]1[C@@H]1CC=C2[C@]3(C)[C@H](CC[C@@]21C)[C@@]1(C)CC[C@H](O)C(C)(C)[C@@H]1C[C@@H]3O. The van der Waals surface area contributed by atoms with E-state index in [1.807, 2.05) is 0 Å². The van der Waals surface area contributed by atoms with E-state index in [1.54, 1.807) is 21.0 Å². The molecule has 0 unspecified atom stereocenters. The van der Waals surface area contributed by atoms with Crippen LogP contribution >= 0.6 is 0 Å². The summed E-state index contributed by atoms with van der Waals surface area (Å²) in [5.74, 6) is 1.08. The lowest BCUT2D eigenvalue weighted by Crippen LogP contribution is -2.65. The van der Waals surface area contributed by atoms with Crippen LogP contribution in [0.4, 0.5) is 0 Å². The number of allylic oxidation sites excluding steroid dienone is 1. The van der Waals surface area contributed by atoms with Crippen LogP contribution in [0.25, 0.3) is 0 Å². The minimum absolute atomic E-state index is 0.0709. The first-order valence-electron chi connectivity index (χ1n) is 14.7. The highest BCUT2D eigenvalue weighted by Crippen LogP contribution is 2.73. The van der Waals surface area contributed by atoms with Crippen molar-refractivity contribution in [3.8, 4) is 0 Å². The molecular weight excluding hydrogens is 468 g/mol. The summed E-state index contributed by atoms with van der Waals surface area (Å²) in [6, 6.07) is 0. The third-order valence-corrected chi connectivity index (χ3v) is 12.7. The molecule has 3 saturated carbocycles. The Bertz CT molecular complexity index is 923. The van der Waals surface area contributed by atoms with Crippen molar-refractivity contribution in [3.05, 3.63) is 11.6 Å². The number of hydrogen-bond donors (Lipinski definition) is 4. The molecule has 1 aliphatic heterocycles. The molecule has 0 aromatic carbocycles. The fourth-order valence-electron chi connectivity index (χ4n) is 10.6. The summed E-state index contributed by atoms with van der Waals surface area (Å²) >= 11 is 0. The molecule has 4 aliphatic carbocycles. The molecule has 12 atom stereocenters. The van der Waals surface area contributed by atoms with Crippen molar-refractivity contribution in [2.75, 3.05) is 7.11 Å². The molecule has 1 saturated heterocycles. The monoisotopic (exact) mass is 520 g/mol. The van der Waals surface area contributed by atoms with Crippen LogP contribution in [0.15, 0.2) is 11.6 Å². The van der Waals surface area contributed by atoms with E-state index < -0.39 is 30.2 Å². The van der Waals surface area contributed by atoms with Gasteiger partial charge in [-0.1, -0.05) is 46.3 Å². The third-order valence-electron chi connectivity index (χ3n) is 12.7. The Hall–Kier alpha value is -0.500. The molecule has 0 aromatic heterocycles. The summed E-state index contributed by atoms with van der Waals surface area (Å²) < 4.78 is 12.0. The van der Waals surface area contributed by atoms with Crippen molar-refractivity contribution in [1.29, 1.82) is 0 Å². The molecule has 5 rings (SSSR count). The van der Waals surface area contributed by atoms with E-state index in [-0.39, 0.29) is 33.7 Å². The Morgan fingerprint density at radius 1 is 1.00 bits per heavy atom. The molecule has 4 fully saturated rings. The molecule has 212 valence electrons. The number of aliphatic hydroxyl groups is 4. The molecule has 37 heavy (non-hydrogen) atoms. The lowest BCUT2D eigenvalue weighted by Gasteiger charge is -2.68. The normalized spacial score (nSPS) is 52.2. The average molecular weight is 521 g/mol. The van der Waals surface area contributed by atoms with Crippen LogP contribution in [0.1, 0.15) is 93.4 Å². The summed E-state index contributed by atoms with van der Waals surface area (Å²) in [4.78, 5) is 0. The zero-order chi connectivity index (χ0) is 27.3.